The average molecular weight is 266 g/mol. The first-order chi connectivity index (χ1) is 8.67. The lowest BCUT2D eigenvalue weighted by molar-refractivity contribution is 0.723. The fraction of sp³-hybridized carbons (Fsp3) is 0.600. The second-order valence-corrected chi connectivity index (χ2v) is 6.22. The smallest absolute Gasteiger partial charge is 0.0343 e. The molecule has 1 aromatic carbocycles. The number of benzene rings is 1. The van der Waals surface area contributed by atoms with E-state index >= 15 is 0 Å². The van der Waals surface area contributed by atoms with E-state index in [1.165, 1.54) is 16.8 Å². The van der Waals surface area contributed by atoms with Gasteiger partial charge in [-0.3, -0.25) is 0 Å². The Morgan fingerprint density at radius 1 is 1.11 bits per heavy atom. The molecule has 1 rings (SSSR count). The van der Waals surface area contributed by atoms with E-state index in [2.05, 4.69) is 56.5 Å². The summed E-state index contributed by atoms with van der Waals surface area (Å²) in [5, 5.41) is 7.49. The molecule has 0 saturated heterocycles. The Hall–Kier alpha value is -0.670. The highest BCUT2D eigenvalue weighted by atomic mass is 32.2. The largest absolute Gasteiger partial charge is 0.385 e. The third kappa shape index (κ3) is 5.32. The van der Waals surface area contributed by atoms with Crippen LogP contribution < -0.4 is 10.6 Å². The molecular formula is C15H26N2S. The van der Waals surface area contributed by atoms with E-state index in [9.17, 15) is 0 Å². The van der Waals surface area contributed by atoms with Gasteiger partial charge in [-0.05, 0) is 42.0 Å². The highest BCUT2D eigenvalue weighted by Gasteiger charge is 2.05. The minimum atomic E-state index is 0.686. The summed E-state index contributed by atoms with van der Waals surface area (Å²) < 4.78 is 0. The van der Waals surface area contributed by atoms with Crippen molar-refractivity contribution in [2.45, 2.75) is 45.2 Å². The summed E-state index contributed by atoms with van der Waals surface area (Å²) in [7, 11) is 0. The van der Waals surface area contributed by atoms with E-state index in [1.54, 1.807) is 0 Å². The SMILES string of the molecule is CCNCc1cc(NCC)ccc1CSC(C)C. The predicted molar refractivity (Wildman–Crippen MR) is 84.4 cm³/mol. The molecule has 0 aliphatic carbocycles. The minimum Gasteiger partial charge on any atom is -0.385 e. The Bertz CT molecular complexity index is 350. The molecule has 0 aliphatic heterocycles. The van der Waals surface area contributed by atoms with Gasteiger partial charge in [0.15, 0.2) is 0 Å². The highest BCUT2D eigenvalue weighted by molar-refractivity contribution is 7.99. The lowest BCUT2D eigenvalue weighted by atomic mass is 10.1. The topological polar surface area (TPSA) is 24.1 Å². The molecule has 1 aromatic rings. The van der Waals surface area contributed by atoms with Crippen molar-refractivity contribution in [1.29, 1.82) is 0 Å². The first kappa shape index (κ1) is 15.4. The van der Waals surface area contributed by atoms with Crippen LogP contribution >= 0.6 is 11.8 Å². The van der Waals surface area contributed by atoms with Crippen molar-refractivity contribution >= 4 is 17.4 Å². The van der Waals surface area contributed by atoms with Crippen LogP contribution in [0.3, 0.4) is 0 Å². The number of nitrogens with one attached hydrogen (secondary N) is 2. The molecule has 2 nitrogen and oxygen atoms in total. The average Bonchev–Trinajstić information content (AvgIpc) is 2.35. The quantitative estimate of drug-likeness (QED) is 0.747. The molecule has 0 heterocycles. The highest BCUT2D eigenvalue weighted by Crippen LogP contribution is 2.23. The van der Waals surface area contributed by atoms with E-state index in [0.29, 0.717) is 5.25 Å². The third-order valence-electron chi connectivity index (χ3n) is 2.72. The van der Waals surface area contributed by atoms with E-state index in [4.69, 9.17) is 0 Å². The second-order valence-electron chi connectivity index (χ2n) is 4.65. The van der Waals surface area contributed by atoms with Crippen molar-refractivity contribution in [2.24, 2.45) is 0 Å². The van der Waals surface area contributed by atoms with Crippen molar-refractivity contribution in [2.75, 3.05) is 18.4 Å². The van der Waals surface area contributed by atoms with Gasteiger partial charge in [-0.15, -0.1) is 0 Å². The second kappa shape index (κ2) is 8.44. The van der Waals surface area contributed by atoms with Crippen molar-refractivity contribution in [3.8, 4) is 0 Å². The summed E-state index contributed by atoms with van der Waals surface area (Å²) in [6.07, 6.45) is 0. The summed E-state index contributed by atoms with van der Waals surface area (Å²) in [5.41, 5.74) is 4.10. The predicted octanol–water partition coefficient (Wildman–Crippen LogP) is 3.87. The van der Waals surface area contributed by atoms with Gasteiger partial charge in [0.2, 0.25) is 0 Å². The number of hydrogen-bond donors (Lipinski definition) is 2. The van der Waals surface area contributed by atoms with Gasteiger partial charge in [0.1, 0.15) is 0 Å². The van der Waals surface area contributed by atoms with Gasteiger partial charge in [0, 0.05) is 24.5 Å². The van der Waals surface area contributed by atoms with Crippen LogP contribution in [0.5, 0.6) is 0 Å². The molecule has 18 heavy (non-hydrogen) atoms. The maximum absolute atomic E-state index is 3.42. The molecule has 0 aromatic heterocycles. The van der Waals surface area contributed by atoms with E-state index in [-0.39, 0.29) is 0 Å². The lowest BCUT2D eigenvalue weighted by Gasteiger charge is -2.14. The monoisotopic (exact) mass is 266 g/mol. The molecule has 0 bridgehead atoms. The molecule has 0 unspecified atom stereocenters. The number of rotatable bonds is 8. The van der Waals surface area contributed by atoms with E-state index in [1.807, 2.05) is 11.8 Å². The Balaban J connectivity index is 2.78. The Kier molecular flexibility index (Phi) is 7.21. The Morgan fingerprint density at radius 2 is 1.89 bits per heavy atom. The molecule has 102 valence electrons. The summed E-state index contributed by atoms with van der Waals surface area (Å²) in [6, 6.07) is 6.73. The maximum atomic E-state index is 3.42. The van der Waals surface area contributed by atoms with Crippen LogP contribution in [0.15, 0.2) is 18.2 Å². The molecule has 0 spiro atoms. The first-order valence-corrected chi connectivity index (χ1v) is 7.90. The Morgan fingerprint density at radius 3 is 2.50 bits per heavy atom. The van der Waals surface area contributed by atoms with Gasteiger partial charge in [0.05, 0.1) is 0 Å². The summed E-state index contributed by atoms with van der Waals surface area (Å²) in [5.74, 6) is 1.10. The standard InChI is InChI=1S/C15H26N2S/c1-5-16-10-14-9-15(17-6-2)8-7-13(14)11-18-12(3)4/h7-9,12,16-17H,5-6,10-11H2,1-4H3. The molecule has 0 saturated carbocycles. The summed E-state index contributed by atoms with van der Waals surface area (Å²) >= 11 is 2.00. The number of hydrogen-bond acceptors (Lipinski definition) is 3. The lowest BCUT2D eigenvalue weighted by Crippen LogP contribution is -2.13. The van der Waals surface area contributed by atoms with Crippen LogP contribution in [-0.2, 0) is 12.3 Å². The van der Waals surface area contributed by atoms with Crippen molar-refractivity contribution in [1.82, 2.24) is 5.32 Å². The van der Waals surface area contributed by atoms with Gasteiger partial charge >= 0.3 is 0 Å². The molecule has 0 amide bonds. The normalized spacial score (nSPS) is 10.9. The fourth-order valence-electron chi connectivity index (χ4n) is 1.76. The molecule has 2 N–H and O–H groups in total. The van der Waals surface area contributed by atoms with Crippen LogP contribution in [0.2, 0.25) is 0 Å². The van der Waals surface area contributed by atoms with E-state index in [0.717, 1.165) is 25.4 Å². The molecule has 0 aliphatic rings. The minimum absolute atomic E-state index is 0.686. The van der Waals surface area contributed by atoms with Gasteiger partial charge in [-0.1, -0.05) is 26.8 Å². The zero-order chi connectivity index (χ0) is 13.4. The third-order valence-corrected chi connectivity index (χ3v) is 3.87. The molecular weight excluding hydrogens is 240 g/mol. The van der Waals surface area contributed by atoms with Crippen LogP contribution in [0.4, 0.5) is 5.69 Å². The van der Waals surface area contributed by atoms with Crippen LogP contribution in [0.1, 0.15) is 38.8 Å². The maximum Gasteiger partial charge on any atom is 0.0343 e. The fourth-order valence-corrected chi connectivity index (χ4v) is 2.56. The summed E-state index contributed by atoms with van der Waals surface area (Å²) in [4.78, 5) is 0. The molecule has 0 atom stereocenters. The van der Waals surface area contributed by atoms with Crippen molar-refractivity contribution in [3.05, 3.63) is 29.3 Å². The van der Waals surface area contributed by atoms with Crippen LogP contribution in [0.25, 0.3) is 0 Å². The zero-order valence-corrected chi connectivity index (χ0v) is 12.9. The number of anilines is 1. The van der Waals surface area contributed by atoms with Gasteiger partial charge in [-0.25, -0.2) is 0 Å². The zero-order valence-electron chi connectivity index (χ0n) is 12.0. The van der Waals surface area contributed by atoms with E-state index < -0.39 is 0 Å². The number of thioether (sulfide) groups is 1. The Labute approximate surface area is 116 Å². The van der Waals surface area contributed by atoms with Crippen LogP contribution in [0, 0.1) is 0 Å². The summed E-state index contributed by atoms with van der Waals surface area (Å²) in [6.45, 7) is 11.7. The first-order valence-electron chi connectivity index (χ1n) is 6.85. The van der Waals surface area contributed by atoms with Gasteiger partial charge < -0.3 is 10.6 Å². The van der Waals surface area contributed by atoms with Crippen LogP contribution in [-0.4, -0.2) is 18.3 Å². The molecule has 0 radical (unpaired) electrons. The van der Waals surface area contributed by atoms with Crippen molar-refractivity contribution < 1.29 is 0 Å². The van der Waals surface area contributed by atoms with Crippen molar-refractivity contribution in [3.63, 3.8) is 0 Å². The van der Waals surface area contributed by atoms with Gasteiger partial charge in [0.25, 0.3) is 0 Å². The molecule has 3 heteroatoms. The molecule has 0 fully saturated rings. The van der Waals surface area contributed by atoms with Gasteiger partial charge in [-0.2, -0.15) is 11.8 Å².